The second-order valence-electron chi connectivity index (χ2n) is 3.77. The fourth-order valence-corrected chi connectivity index (χ4v) is 2.94. The van der Waals surface area contributed by atoms with Crippen LogP contribution in [0.1, 0.15) is 0 Å². The maximum absolute atomic E-state index is 5.59. The second kappa shape index (κ2) is 4.05. The summed E-state index contributed by atoms with van der Waals surface area (Å²) in [6, 6.07) is 14.4. The molecule has 0 aliphatic rings. The Morgan fingerprint density at radius 2 is 1.82 bits per heavy atom. The van der Waals surface area contributed by atoms with Gasteiger partial charge in [0.2, 0.25) is 0 Å². The molecule has 17 heavy (non-hydrogen) atoms. The molecule has 1 aromatic heterocycles. The van der Waals surface area contributed by atoms with E-state index in [4.69, 9.17) is 18.0 Å². The number of nitrogens with two attached hydrogens (primary N) is 1. The van der Waals surface area contributed by atoms with Crippen LogP contribution in [-0.2, 0) is 0 Å². The first-order valence-corrected chi connectivity index (χ1v) is 6.45. The van der Waals surface area contributed by atoms with Gasteiger partial charge in [0.05, 0.1) is 5.52 Å². The van der Waals surface area contributed by atoms with E-state index >= 15 is 0 Å². The first kappa shape index (κ1) is 10.6. The van der Waals surface area contributed by atoms with Crippen molar-refractivity contribution in [3.8, 4) is 0 Å². The number of thioether (sulfide) groups is 1. The summed E-state index contributed by atoms with van der Waals surface area (Å²) in [6.07, 6.45) is 0. The van der Waals surface area contributed by atoms with Crippen LogP contribution in [0.5, 0.6) is 0 Å². The Labute approximate surface area is 108 Å². The Bertz CT molecular complexity index is 716. The molecule has 2 nitrogen and oxygen atoms in total. The van der Waals surface area contributed by atoms with Crippen molar-refractivity contribution in [3.63, 3.8) is 0 Å². The lowest BCUT2D eigenvalue weighted by Gasteiger charge is -2.00. The molecule has 0 fully saturated rings. The molecule has 3 aromatic rings. The predicted octanol–water partition coefficient (Wildman–Crippen LogP) is 3.66. The Balaban J connectivity index is 2.35. The number of hydrogen-bond donors (Lipinski definition) is 2. The Morgan fingerprint density at radius 3 is 2.65 bits per heavy atom. The third kappa shape index (κ3) is 1.79. The molecule has 0 aliphatic heterocycles. The van der Waals surface area contributed by atoms with Crippen LogP contribution in [-0.4, -0.2) is 9.30 Å². The lowest BCUT2D eigenvalue weighted by molar-refractivity contribution is 1.45. The van der Waals surface area contributed by atoms with Gasteiger partial charge in [0.15, 0.2) is 0 Å². The molecule has 0 bridgehead atoms. The average molecular weight is 258 g/mol. The molecule has 0 atom stereocenters. The second-order valence-corrected chi connectivity index (χ2v) is 5.55. The SMILES string of the molecule is NC(=S)Sc1cccc2c1[nH]c1ccccc12. The van der Waals surface area contributed by atoms with E-state index in [0.717, 1.165) is 15.9 Å². The van der Waals surface area contributed by atoms with Crippen molar-refractivity contribution in [1.82, 2.24) is 4.98 Å². The maximum Gasteiger partial charge on any atom is 0.136 e. The summed E-state index contributed by atoms with van der Waals surface area (Å²) in [5.74, 6) is 0. The van der Waals surface area contributed by atoms with Crippen LogP contribution >= 0.6 is 24.0 Å². The van der Waals surface area contributed by atoms with Crippen LogP contribution in [0.4, 0.5) is 0 Å². The molecule has 0 unspecified atom stereocenters. The number of H-pyrrole nitrogens is 1. The molecular formula is C13H10N2S2. The fraction of sp³-hybridized carbons (Fsp3) is 0. The van der Waals surface area contributed by atoms with Gasteiger partial charge in [-0.2, -0.15) is 0 Å². The van der Waals surface area contributed by atoms with E-state index in [-0.39, 0.29) is 0 Å². The number of para-hydroxylation sites is 2. The summed E-state index contributed by atoms with van der Waals surface area (Å²) in [4.78, 5) is 4.49. The number of fused-ring (bicyclic) bond motifs is 3. The predicted molar refractivity (Wildman–Crippen MR) is 78.4 cm³/mol. The molecule has 4 heteroatoms. The topological polar surface area (TPSA) is 41.8 Å². The standard InChI is InChI=1S/C13H10N2S2/c14-13(16)17-11-7-3-5-9-8-4-1-2-6-10(8)15-12(9)11/h1-7,15H,(H2,14,16). The van der Waals surface area contributed by atoms with Gasteiger partial charge >= 0.3 is 0 Å². The Hall–Kier alpha value is -1.52. The zero-order valence-electron chi connectivity index (χ0n) is 8.94. The molecule has 0 amide bonds. The molecule has 0 saturated carbocycles. The number of rotatable bonds is 1. The molecule has 3 rings (SSSR count). The zero-order valence-corrected chi connectivity index (χ0v) is 10.6. The van der Waals surface area contributed by atoms with E-state index < -0.39 is 0 Å². The quantitative estimate of drug-likeness (QED) is 0.517. The Morgan fingerprint density at radius 1 is 1.06 bits per heavy atom. The molecular weight excluding hydrogens is 248 g/mol. The van der Waals surface area contributed by atoms with E-state index in [9.17, 15) is 0 Å². The highest BCUT2D eigenvalue weighted by molar-refractivity contribution is 8.23. The minimum atomic E-state index is 0.441. The van der Waals surface area contributed by atoms with Crippen LogP contribution in [0.2, 0.25) is 0 Å². The zero-order chi connectivity index (χ0) is 11.8. The summed E-state index contributed by atoms with van der Waals surface area (Å²) >= 11 is 6.37. The normalized spacial score (nSPS) is 11.1. The molecule has 2 aromatic carbocycles. The molecule has 1 heterocycles. The van der Waals surface area contributed by atoms with Gasteiger partial charge in [0, 0.05) is 21.2 Å². The van der Waals surface area contributed by atoms with Gasteiger partial charge < -0.3 is 10.7 Å². The van der Waals surface area contributed by atoms with Crippen molar-refractivity contribution in [2.24, 2.45) is 5.73 Å². The van der Waals surface area contributed by atoms with E-state index in [0.29, 0.717) is 4.32 Å². The highest BCUT2D eigenvalue weighted by atomic mass is 32.2. The van der Waals surface area contributed by atoms with Gasteiger partial charge in [-0.15, -0.1) is 0 Å². The largest absolute Gasteiger partial charge is 0.384 e. The summed E-state index contributed by atoms with van der Waals surface area (Å²) < 4.78 is 0.441. The van der Waals surface area contributed by atoms with E-state index in [1.165, 1.54) is 22.5 Å². The molecule has 3 N–H and O–H groups in total. The molecule has 0 saturated heterocycles. The number of nitrogens with one attached hydrogen (secondary N) is 1. The van der Waals surface area contributed by atoms with Gasteiger partial charge in [0.25, 0.3) is 0 Å². The van der Waals surface area contributed by atoms with Crippen LogP contribution in [0.25, 0.3) is 21.8 Å². The first-order chi connectivity index (χ1) is 8.25. The lowest BCUT2D eigenvalue weighted by atomic mass is 10.1. The van der Waals surface area contributed by atoms with Crippen molar-refractivity contribution in [1.29, 1.82) is 0 Å². The van der Waals surface area contributed by atoms with Crippen LogP contribution in [0, 0.1) is 0 Å². The van der Waals surface area contributed by atoms with Crippen LogP contribution in [0.3, 0.4) is 0 Å². The monoisotopic (exact) mass is 258 g/mol. The van der Waals surface area contributed by atoms with Crippen molar-refractivity contribution in [3.05, 3.63) is 42.5 Å². The van der Waals surface area contributed by atoms with Crippen molar-refractivity contribution in [2.75, 3.05) is 0 Å². The third-order valence-corrected chi connectivity index (χ3v) is 3.72. The third-order valence-electron chi connectivity index (χ3n) is 2.71. The summed E-state index contributed by atoms with van der Waals surface area (Å²) in [6.45, 7) is 0. The van der Waals surface area contributed by atoms with Gasteiger partial charge in [-0.1, -0.05) is 54.3 Å². The molecule has 0 spiro atoms. The number of hydrogen-bond acceptors (Lipinski definition) is 2. The number of thiocarbonyl (C=S) groups is 1. The highest BCUT2D eigenvalue weighted by Crippen LogP contribution is 2.32. The van der Waals surface area contributed by atoms with Gasteiger partial charge in [-0.25, -0.2) is 0 Å². The van der Waals surface area contributed by atoms with Crippen molar-refractivity contribution in [2.45, 2.75) is 4.90 Å². The van der Waals surface area contributed by atoms with Crippen molar-refractivity contribution >= 4 is 50.1 Å². The smallest absolute Gasteiger partial charge is 0.136 e. The fourth-order valence-electron chi connectivity index (χ4n) is 2.04. The number of aromatic amines is 1. The molecule has 84 valence electrons. The van der Waals surface area contributed by atoms with E-state index in [1.54, 1.807) is 0 Å². The average Bonchev–Trinajstić information content (AvgIpc) is 2.68. The summed E-state index contributed by atoms with van der Waals surface area (Å²) in [7, 11) is 0. The first-order valence-electron chi connectivity index (χ1n) is 5.22. The van der Waals surface area contributed by atoms with Gasteiger partial charge in [-0.05, 0) is 12.1 Å². The van der Waals surface area contributed by atoms with Crippen LogP contribution < -0.4 is 5.73 Å². The summed E-state index contributed by atoms with van der Waals surface area (Å²) in [5, 5.41) is 2.44. The summed E-state index contributed by atoms with van der Waals surface area (Å²) in [5.41, 5.74) is 7.83. The minimum Gasteiger partial charge on any atom is -0.384 e. The number of aromatic nitrogens is 1. The van der Waals surface area contributed by atoms with Gasteiger partial charge in [0.1, 0.15) is 4.32 Å². The maximum atomic E-state index is 5.59. The molecule has 0 radical (unpaired) electrons. The van der Waals surface area contributed by atoms with Crippen molar-refractivity contribution < 1.29 is 0 Å². The highest BCUT2D eigenvalue weighted by Gasteiger charge is 2.08. The van der Waals surface area contributed by atoms with Gasteiger partial charge in [-0.3, -0.25) is 0 Å². The van der Waals surface area contributed by atoms with Crippen LogP contribution in [0.15, 0.2) is 47.4 Å². The Kier molecular flexibility index (Phi) is 2.53. The molecule has 0 aliphatic carbocycles. The lowest BCUT2D eigenvalue weighted by Crippen LogP contribution is -2.01. The number of benzene rings is 2. The minimum absolute atomic E-state index is 0.441. The van der Waals surface area contributed by atoms with E-state index in [1.807, 2.05) is 24.3 Å². The van der Waals surface area contributed by atoms with E-state index in [2.05, 4.69) is 23.2 Å².